The first-order chi connectivity index (χ1) is 15.6. The molecule has 7 heteroatoms. The Labute approximate surface area is 192 Å². The highest BCUT2D eigenvalue weighted by molar-refractivity contribution is 6.31. The number of nitrogens with zero attached hydrogens (tertiary/aromatic N) is 2. The summed E-state index contributed by atoms with van der Waals surface area (Å²) in [6.45, 7) is 1.07. The van der Waals surface area contributed by atoms with Crippen LogP contribution >= 0.6 is 11.6 Å². The molecule has 164 valence electrons. The molecule has 0 saturated heterocycles. The number of carbonyl (C=O) groups excluding carboxylic acids is 1. The van der Waals surface area contributed by atoms with Gasteiger partial charge in [-0.15, -0.1) is 0 Å². The van der Waals surface area contributed by atoms with Gasteiger partial charge in [0.2, 0.25) is 0 Å². The number of fused-ring (bicyclic) bond motifs is 1. The molecular weight excluding hydrogens is 424 g/mol. The molecule has 0 fully saturated rings. The molecule has 4 rings (SSSR count). The molecule has 1 heterocycles. The summed E-state index contributed by atoms with van der Waals surface area (Å²) < 4.78 is 7.46. The number of amides is 2. The molecule has 0 aliphatic heterocycles. The Morgan fingerprint density at radius 1 is 1.03 bits per heavy atom. The van der Waals surface area contributed by atoms with Crippen molar-refractivity contribution in [1.29, 1.82) is 0 Å². The van der Waals surface area contributed by atoms with E-state index >= 15 is 0 Å². The summed E-state index contributed by atoms with van der Waals surface area (Å²) in [7, 11) is 1.55. The Bertz CT molecular complexity index is 1210. The predicted molar refractivity (Wildman–Crippen MR) is 129 cm³/mol. The van der Waals surface area contributed by atoms with Gasteiger partial charge in [0.15, 0.2) is 0 Å². The van der Waals surface area contributed by atoms with E-state index in [1.165, 1.54) is 5.56 Å². The third-order valence-electron chi connectivity index (χ3n) is 5.24. The molecule has 2 amide bonds. The van der Waals surface area contributed by atoms with Crippen molar-refractivity contribution in [3.63, 3.8) is 0 Å². The summed E-state index contributed by atoms with van der Waals surface area (Å²) in [5.74, 6) is 1.56. The maximum atomic E-state index is 12.4. The van der Waals surface area contributed by atoms with E-state index < -0.39 is 0 Å². The topological polar surface area (TPSA) is 68.2 Å². The van der Waals surface area contributed by atoms with E-state index in [1.54, 1.807) is 25.3 Å². The highest BCUT2D eigenvalue weighted by Crippen LogP contribution is 2.27. The van der Waals surface area contributed by atoms with Crippen LogP contribution in [0.3, 0.4) is 0 Å². The van der Waals surface area contributed by atoms with Crippen LogP contribution in [-0.4, -0.2) is 29.2 Å². The fourth-order valence-corrected chi connectivity index (χ4v) is 3.86. The second kappa shape index (κ2) is 10.2. The Morgan fingerprint density at radius 2 is 1.81 bits per heavy atom. The summed E-state index contributed by atoms with van der Waals surface area (Å²) in [4.78, 5) is 17.3. The van der Waals surface area contributed by atoms with Crippen LogP contribution in [0.2, 0.25) is 5.02 Å². The SMILES string of the molecule is COc1ccc(Cl)cc1NC(=O)NCCn1c(CCc2ccccc2)nc2ccccc21. The zero-order valence-corrected chi connectivity index (χ0v) is 18.6. The number of nitrogens with one attached hydrogen (secondary N) is 2. The Balaban J connectivity index is 1.42. The minimum atomic E-state index is -0.319. The van der Waals surface area contributed by atoms with Crippen molar-refractivity contribution >= 4 is 34.4 Å². The van der Waals surface area contributed by atoms with Gasteiger partial charge in [-0.25, -0.2) is 9.78 Å². The molecule has 0 spiro atoms. The number of benzene rings is 3. The number of hydrogen-bond donors (Lipinski definition) is 2. The van der Waals surface area contributed by atoms with Gasteiger partial charge in [-0.1, -0.05) is 54.1 Å². The van der Waals surface area contributed by atoms with Gasteiger partial charge in [0.05, 0.1) is 23.8 Å². The van der Waals surface area contributed by atoms with Crippen molar-refractivity contribution in [2.45, 2.75) is 19.4 Å². The minimum absolute atomic E-state index is 0.319. The van der Waals surface area contributed by atoms with E-state index in [2.05, 4.69) is 45.5 Å². The third-order valence-corrected chi connectivity index (χ3v) is 5.48. The Hall–Kier alpha value is -3.51. The van der Waals surface area contributed by atoms with Crippen LogP contribution in [0.5, 0.6) is 5.75 Å². The zero-order chi connectivity index (χ0) is 22.3. The lowest BCUT2D eigenvalue weighted by atomic mass is 10.1. The summed E-state index contributed by atoms with van der Waals surface area (Å²) in [6, 6.07) is 23.2. The number of para-hydroxylation sites is 2. The van der Waals surface area contributed by atoms with Gasteiger partial charge >= 0.3 is 6.03 Å². The Morgan fingerprint density at radius 3 is 2.62 bits per heavy atom. The molecule has 0 aliphatic carbocycles. The quantitative estimate of drug-likeness (QED) is 0.384. The molecule has 2 N–H and O–H groups in total. The molecule has 1 aromatic heterocycles. The van der Waals surface area contributed by atoms with E-state index in [0.29, 0.717) is 29.5 Å². The molecular formula is C25H25ClN4O2. The lowest BCUT2D eigenvalue weighted by molar-refractivity contribution is 0.251. The molecule has 0 saturated carbocycles. The second-order valence-electron chi connectivity index (χ2n) is 7.38. The predicted octanol–water partition coefficient (Wildman–Crippen LogP) is 5.31. The molecule has 32 heavy (non-hydrogen) atoms. The average Bonchev–Trinajstić information content (AvgIpc) is 3.16. The van der Waals surface area contributed by atoms with Crippen LogP contribution < -0.4 is 15.4 Å². The van der Waals surface area contributed by atoms with Crippen molar-refractivity contribution < 1.29 is 9.53 Å². The summed E-state index contributed by atoms with van der Waals surface area (Å²) in [5, 5.41) is 6.23. The fourth-order valence-electron chi connectivity index (χ4n) is 3.69. The highest BCUT2D eigenvalue weighted by Gasteiger charge is 2.12. The van der Waals surface area contributed by atoms with Gasteiger partial charge in [-0.05, 0) is 42.3 Å². The van der Waals surface area contributed by atoms with Crippen LogP contribution in [-0.2, 0) is 19.4 Å². The van der Waals surface area contributed by atoms with Gasteiger partial charge in [0.1, 0.15) is 11.6 Å². The number of anilines is 1. The zero-order valence-electron chi connectivity index (χ0n) is 17.8. The largest absolute Gasteiger partial charge is 0.495 e. The molecule has 4 aromatic rings. The van der Waals surface area contributed by atoms with Gasteiger partial charge in [-0.3, -0.25) is 0 Å². The lowest BCUT2D eigenvalue weighted by Gasteiger charge is -2.13. The number of carbonyl (C=O) groups is 1. The van der Waals surface area contributed by atoms with E-state index in [1.807, 2.05) is 24.3 Å². The molecule has 3 aromatic carbocycles. The maximum absolute atomic E-state index is 12.4. The fraction of sp³-hybridized carbons (Fsp3) is 0.200. The van der Waals surface area contributed by atoms with Crippen LogP contribution in [0.15, 0.2) is 72.8 Å². The first kappa shape index (κ1) is 21.7. The van der Waals surface area contributed by atoms with Crippen molar-refractivity contribution in [1.82, 2.24) is 14.9 Å². The van der Waals surface area contributed by atoms with Crippen LogP contribution in [0.4, 0.5) is 10.5 Å². The van der Waals surface area contributed by atoms with Gasteiger partial charge in [0.25, 0.3) is 0 Å². The number of halogens is 1. The summed E-state index contributed by atoms with van der Waals surface area (Å²) in [6.07, 6.45) is 1.73. The normalized spacial score (nSPS) is 10.8. The number of urea groups is 1. The number of hydrogen-bond acceptors (Lipinski definition) is 3. The number of rotatable bonds is 8. The van der Waals surface area contributed by atoms with Gasteiger partial charge in [0, 0.05) is 24.5 Å². The van der Waals surface area contributed by atoms with E-state index in [0.717, 1.165) is 29.7 Å². The number of aromatic nitrogens is 2. The number of imidazole rings is 1. The summed E-state index contributed by atoms with van der Waals surface area (Å²) >= 11 is 6.04. The second-order valence-corrected chi connectivity index (χ2v) is 7.82. The standard InChI is InChI=1S/C25H25ClN4O2/c1-32-23-13-12-19(26)17-21(23)29-25(31)27-15-16-30-22-10-6-5-9-20(22)28-24(30)14-11-18-7-3-2-4-8-18/h2-10,12-13,17H,11,14-16H2,1H3,(H2,27,29,31). The van der Waals surface area contributed by atoms with Crippen LogP contribution in [0.1, 0.15) is 11.4 Å². The van der Waals surface area contributed by atoms with Gasteiger partial charge in [-0.2, -0.15) is 0 Å². The monoisotopic (exact) mass is 448 g/mol. The maximum Gasteiger partial charge on any atom is 0.319 e. The van der Waals surface area contributed by atoms with E-state index in [9.17, 15) is 4.79 Å². The lowest BCUT2D eigenvalue weighted by Crippen LogP contribution is -2.32. The Kier molecular flexibility index (Phi) is 6.92. The number of ether oxygens (including phenoxy) is 1. The number of aryl methyl sites for hydroxylation is 2. The number of methoxy groups -OCH3 is 1. The van der Waals surface area contributed by atoms with Crippen molar-refractivity contribution in [3.8, 4) is 5.75 Å². The molecule has 0 radical (unpaired) electrons. The summed E-state index contributed by atoms with van der Waals surface area (Å²) in [5.41, 5.74) is 3.83. The smallest absolute Gasteiger partial charge is 0.319 e. The molecule has 0 unspecified atom stereocenters. The molecule has 0 bridgehead atoms. The van der Waals surface area contributed by atoms with Crippen molar-refractivity contribution in [3.05, 3.63) is 89.2 Å². The minimum Gasteiger partial charge on any atom is -0.495 e. The average molecular weight is 449 g/mol. The molecule has 0 aliphatic rings. The highest BCUT2D eigenvalue weighted by atomic mass is 35.5. The van der Waals surface area contributed by atoms with Gasteiger partial charge < -0.3 is 19.9 Å². The van der Waals surface area contributed by atoms with E-state index in [4.69, 9.17) is 21.3 Å². The van der Waals surface area contributed by atoms with Crippen molar-refractivity contribution in [2.75, 3.05) is 19.0 Å². The molecule has 0 atom stereocenters. The van der Waals surface area contributed by atoms with E-state index in [-0.39, 0.29) is 6.03 Å². The third kappa shape index (κ3) is 5.21. The first-order valence-electron chi connectivity index (χ1n) is 10.5. The first-order valence-corrected chi connectivity index (χ1v) is 10.9. The van der Waals surface area contributed by atoms with Crippen molar-refractivity contribution in [2.24, 2.45) is 0 Å². The molecule has 6 nitrogen and oxygen atoms in total. The van der Waals surface area contributed by atoms with Crippen LogP contribution in [0.25, 0.3) is 11.0 Å². The van der Waals surface area contributed by atoms with Crippen LogP contribution in [0, 0.1) is 0 Å².